The summed E-state index contributed by atoms with van der Waals surface area (Å²) in [4.78, 5) is 10.7. The first-order chi connectivity index (χ1) is 5.36. The maximum absolute atomic E-state index is 10.7. The number of rotatable bonds is 1. The van der Waals surface area contributed by atoms with Gasteiger partial charge in [0.05, 0.1) is 0 Å². The van der Waals surface area contributed by atoms with Gasteiger partial charge in [0.25, 0.3) is 0 Å². The van der Waals surface area contributed by atoms with Crippen LogP contribution in [0.15, 0.2) is 0 Å². The van der Waals surface area contributed by atoms with Gasteiger partial charge in [-0.15, -0.1) is 0 Å². The monoisotopic (exact) mass is 154 g/mol. The molecule has 0 amide bonds. The molecule has 0 aromatic rings. The van der Waals surface area contributed by atoms with Crippen molar-refractivity contribution in [1.29, 1.82) is 0 Å². The number of hydrogen-bond donors (Lipinski definition) is 0. The highest BCUT2D eigenvalue weighted by atomic mass is 16.5. The lowest BCUT2D eigenvalue weighted by atomic mass is 9.72. The predicted molar refractivity (Wildman–Crippen MR) is 41.3 cm³/mol. The Morgan fingerprint density at radius 1 is 1.09 bits per heavy atom. The largest absolute Gasteiger partial charge is 0.381 e. The van der Waals surface area contributed by atoms with E-state index in [0.717, 1.165) is 32.0 Å². The Morgan fingerprint density at radius 3 is 2.27 bits per heavy atom. The van der Waals surface area contributed by atoms with E-state index in [1.54, 1.807) is 0 Å². The molecule has 0 spiro atoms. The first-order valence-corrected chi connectivity index (χ1v) is 4.45. The summed E-state index contributed by atoms with van der Waals surface area (Å²) >= 11 is 0. The van der Waals surface area contributed by atoms with Crippen molar-refractivity contribution in [1.82, 2.24) is 0 Å². The van der Waals surface area contributed by atoms with E-state index in [-0.39, 0.29) is 0 Å². The van der Waals surface area contributed by atoms with E-state index in [2.05, 4.69) is 0 Å². The zero-order valence-corrected chi connectivity index (χ0v) is 6.71. The normalized spacial score (nSPS) is 28.5. The molecule has 0 aromatic heterocycles. The van der Waals surface area contributed by atoms with Gasteiger partial charge < -0.3 is 4.74 Å². The number of ketones is 1. The van der Waals surface area contributed by atoms with Crippen molar-refractivity contribution in [3.05, 3.63) is 0 Å². The SMILES string of the molecule is O=C1CC(C2CCOCC2)C1. The van der Waals surface area contributed by atoms with E-state index in [1.807, 2.05) is 0 Å². The van der Waals surface area contributed by atoms with Gasteiger partial charge in [0.15, 0.2) is 0 Å². The van der Waals surface area contributed by atoms with E-state index in [4.69, 9.17) is 4.74 Å². The topological polar surface area (TPSA) is 26.3 Å². The fourth-order valence-electron chi connectivity index (χ4n) is 2.05. The fraction of sp³-hybridized carbons (Fsp3) is 0.889. The molecule has 0 unspecified atom stereocenters. The molecule has 0 bridgehead atoms. The number of carbonyl (C=O) groups is 1. The third-order valence-electron chi connectivity index (χ3n) is 2.91. The van der Waals surface area contributed by atoms with Crippen molar-refractivity contribution in [3.8, 4) is 0 Å². The van der Waals surface area contributed by atoms with Gasteiger partial charge in [-0.2, -0.15) is 0 Å². The molecule has 2 fully saturated rings. The van der Waals surface area contributed by atoms with E-state index < -0.39 is 0 Å². The molecule has 2 aliphatic rings. The molecule has 1 heterocycles. The lowest BCUT2D eigenvalue weighted by Gasteiger charge is -2.34. The molecule has 1 aliphatic heterocycles. The molecule has 62 valence electrons. The van der Waals surface area contributed by atoms with E-state index >= 15 is 0 Å². The zero-order chi connectivity index (χ0) is 7.68. The Bertz CT molecular complexity index is 151. The van der Waals surface area contributed by atoms with Crippen LogP contribution >= 0.6 is 0 Å². The summed E-state index contributed by atoms with van der Waals surface area (Å²) in [6.45, 7) is 1.82. The van der Waals surface area contributed by atoms with Gasteiger partial charge in [0.2, 0.25) is 0 Å². The minimum Gasteiger partial charge on any atom is -0.381 e. The maximum Gasteiger partial charge on any atom is 0.133 e. The molecule has 11 heavy (non-hydrogen) atoms. The molecule has 0 radical (unpaired) electrons. The highest BCUT2D eigenvalue weighted by Gasteiger charge is 2.33. The Kier molecular flexibility index (Phi) is 1.95. The van der Waals surface area contributed by atoms with Gasteiger partial charge in [0.1, 0.15) is 5.78 Å². The molecule has 2 rings (SSSR count). The lowest BCUT2D eigenvalue weighted by Crippen LogP contribution is -2.33. The minimum absolute atomic E-state index is 0.460. The molecule has 2 nitrogen and oxygen atoms in total. The first kappa shape index (κ1) is 7.29. The van der Waals surface area contributed by atoms with Crippen molar-refractivity contribution in [2.45, 2.75) is 25.7 Å². The summed E-state index contributed by atoms with van der Waals surface area (Å²) in [5, 5.41) is 0. The summed E-state index contributed by atoms with van der Waals surface area (Å²) in [6, 6.07) is 0. The quantitative estimate of drug-likeness (QED) is 0.570. The Hall–Kier alpha value is -0.370. The van der Waals surface area contributed by atoms with Crippen LogP contribution in [0.25, 0.3) is 0 Å². The van der Waals surface area contributed by atoms with Gasteiger partial charge in [-0.05, 0) is 24.7 Å². The molecule has 0 atom stereocenters. The highest BCUT2D eigenvalue weighted by Crippen LogP contribution is 2.35. The second-order valence-corrected chi connectivity index (χ2v) is 3.66. The van der Waals surface area contributed by atoms with Crippen LogP contribution in [0.5, 0.6) is 0 Å². The number of hydrogen-bond acceptors (Lipinski definition) is 2. The summed E-state index contributed by atoms with van der Waals surface area (Å²) in [6.07, 6.45) is 4.06. The van der Waals surface area contributed by atoms with Crippen LogP contribution in [-0.4, -0.2) is 19.0 Å². The molecule has 1 saturated carbocycles. The zero-order valence-electron chi connectivity index (χ0n) is 6.71. The van der Waals surface area contributed by atoms with Gasteiger partial charge in [-0.25, -0.2) is 0 Å². The van der Waals surface area contributed by atoms with Crippen LogP contribution in [0.4, 0.5) is 0 Å². The Balaban J connectivity index is 1.80. The van der Waals surface area contributed by atoms with Crippen molar-refractivity contribution < 1.29 is 9.53 Å². The summed E-state index contributed by atoms with van der Waals surface area (Å²) in [7, 11) is 0. The molecule has 1 aliphatic carbocycles. The number of ether oxygens (including phenoxy) is 1. The predicted octanol–water partition coefficient (Wildman–Crippen LogP) is 1.39. The third kappa shape index (κ3) is 1.45. The molecule has 0 N–H and O–H groups in total. The average molecular weight is 154 g/mol. The van der Waals surface area contributed by atoms with Gasteiger partial charge in [-0.3, -0.25) is 4.79 Å². The van der Waals surface area contributed by atoms with Crippen LogP contribution < -0.4 is 0 Å². The average Bonchev–Trinajstić information content (AvgIpc) is 2.01. The van der Waals surface area contributed by atoms with Crippen molar-refractivity contribution in [3.63, 3.8) is 0 Å². The van der Waals surface area contributed by atoms with Gasteiger partial charge in [-0.1, -0.05) is 0 Å². The van der Waals surface area contributed by atoms with Gasteiger partial charge >= 0.3 is 0 Å². The molecular weight excluding hydrogens is 140 g/mol. The maximum atomic E-state index is 10.7. The van der Waals surface area contributed by atoms with Gasteiger partial charge in [0, 0.05) is 26.1 Å². The van der Waals surface area contributed by atoms with Crippen LogP contribution in [0.3, 0.4) is 0 Å². The van der Waals surface area contributed by atoms with E-state index in [1.165, 1.54) is 12.8 Å². The van der Waals surface area contributed by atoms with Crippen LogP contribution in [0.1, 0.15) is 25.7 Å². The summed E-state index contributed by atoms with van der Waals surface area (Å²) in [5.74, 6) is 1.97. The molecular formula is C9H14O2. The first-order valence-electron chi connectivity index (χ1n) is 4.45. The lowest BCUT2D eigenvalue weighted by molar-refractivity contribution is -0.129. The second-order valence-electron chi connectivity index (χ2n) is 3.66. The van der Waals surface area contributed by atoms with Crippen LogP contribution in [0, 0.1) is 11.8 Å². The summed E-state index contributed by atoms with van der Waals surface area (Å²) < 4.78 is 5.26. The second kappa shape index (κ2) is 2.94. The van der Waals surface area contributed by atoms with Crippen LogP contribution in [0.2, 0.25) is 0 Å². The van der Waals surface area contributed by atoms with Crippen molar-refractivity contribution in [2.75, 3.05) is 13.2 Å². The van der Waals surface area contributed by atoms with Crippen molar-refractivity contribution in [2.24, 2.45) is 11.8 Å². The van der Waals surface area contributed by atoms with Crippen molar-refractivity contribution >= 4 is 5.78 Å². The van der Waals surface area contributed by atoms with E-state index in [0.29, 0.717) is 11.7 Å². The molecule has 0 aromatic carbocycles. The minimum atomic E-state index is 0.460. The smallest absolute Gasteiger partial charge is 0.133 e. The number of Topliss-reactive ketones (excluding diaryl/α,β-unsaturated/α-hetero) is 1. The Labute approximate surface area is 66.9 Å². The number of carbonyl (C=O) groups excluding carboxylic acids is 1. The van der Waals surface area contributed by atoms with E-state index in [9.17, 15) is 4.79 Å². The third-order valence-corrected chi connectivity index (χ3v) is 2.91. The van der Waals surface area contributed by atoms with Crippen LogP contribution in [-0.2, 0) is 9.53 Å². The highest BCUT2D eigenvalue weighted by molar-refractivity contribution is 5.84. The molecule has 1 saturated heterocycles. The summed E-state index contributed by atoms with van der Waals surface area (Å²) in [5.41, 5.74) is 0. The standard InChI is InChI=1S/C9H14O2/c10-9-5-8(6-9)7-1-3-11-4-2-7/h7-8H,1-6H2. The Morgan fingerprint density at radius 2 is 1.73 bits per heavy atom. The molecule has 2 heteroatoms. The fourth-order valence-corrected chi connectivity index (χ4v) is 2.05.